The second-order valence-electron chi connectivity index (χ2n) is 22.4. The number of rotatable bonds is 10. The average Bonchev–Trinajstić information content (AvgIpc) is 1.57. The van der Waals surface area contributed by atoms with E-state index in [9.17, 15) is 0 Å². The zero-order valence-electron chi connectivity index (χ0n) is 49.4. The van der Waals surface area contributed by atoms with Gasteiger partial charge in [0.15, 0.2) is 0 Å². The lowest BCUT2D eigenvalue weighted by atomic mass is 9.97. The first-order chi connectivity index (χ1) is 44.2. The molecule has 13 aromatic carbocycles. The van der Waals surface area contributed by atoms with Crippen molar-refractivity contribution in [3.05, 3.63) is 328 Å². The lowest BCUT2D eigenvalue weighted by Crippen LogP contribution is -2.09. The normalized spacial score (nSPS) is 11.3. The molecule has 0 saturated carbocycles. The van der Waals surface area contributed by atoms with Crippen LogP contribution in [0.25, 0.3) is 126 Å². The molecule has 1 N–H and O–H groups in total. The zero-order valence-corrected chi connectivity index (χ0v) is 50.2. The topological polar surface area (TPSA) is 57.8 Å². The number of nitrogens with one attached hydrogen (secondary N) is 1. The number of hydrogen-bond acceptors (Lipinski definition) is 4. The smallest absolute Gasteiger partial charge is 0.119 e. The molecule has 3 heterocycles. The monoisotopic (exact) mass is 1160 g/mol. The number of nitrogens with zero attached hydrogens (tertiary/aromatic N) is 4. The molecule has 16 aromatic rings. The summed E-state index contributed by atoms with van der Waals surface area (Å²) in [6.07, 6.45) is 3.75. The van der Waals surface area contributed by atoms with Crippen LogP contribution >= 0.6 is 6.81 Å². The predicted molar refractivity (Wildman–Crippen MR) is 386 cm³/mol. The maximum Gasteiger partial charge on any atom is 0.119 e. The Balaban J connectivity index is 0.000000182. The third-order valence-corrected chi connectivity index (χ3v) is 17.3. The highest BCUT2D eigenvalue weighted by Gasteiger charge is 2.18. The Kier molecular flexibility index (Phi) is 15.9. The highest BCUT2D eigenvalue weighted by Crippen LogP contribution is 2.42. The van der Waals surface area contributed by atoms with E-state index in [-0.39, 0.29) is 6.06 Å². The minimum atomic E-state index is -2.37. The summed E-state index contributed by atoms with van der Waals surface area (Å²) >= 11 is 0. The fraction of sp³-hybridized carbons (Fsp3) is 0.0123. The molecule has 90 heavy (non-hydrogen) atoms. The summed E-state index contributed by atoms with van der Waals surface area (Å²) in [4.78, 5) is 11.7. The maximum atomic E-state index is 6.72. The molecule has 0 aliphatic carbocycles. The lowest BCUT2D eigenvalue weighted by Gasteiger charge is -2.26. The third kappa shape index (κ3) is 11.5. The Hall–Kier alpha value is -10.8. The van der Waals surface area contributed by atoms with Crippen LogP contribution in [-0.4, -0.2) is 43.6 Å². The minimum Gasteiger partial charge on any atom is -0.339 e. The summed E-state index contributed by atoms with van der Waals surface area (Å²) in [5.74, 6) is 0. The molecule has 16 rings (SSSR count). The van der Waals surface area contributed by atoms with Crippen LogP contribution in [0.2, 0.25) is 0 Å². The van der Waals surface area contributed by atoms with Crippen molar-refractivity contribution in [2.75, 3.05) is 11.0 Å². The van der Waals surface area contributed by atoms with Crippen molar-refractivity contribution in [3.8, 4) is 61.3 Å². The first-order valence-corrected chi connectivity index (χ1v) is 32.2. The van der Waals surface area contributed by atoms with E-state index in [4.69, 9.17) is 28.1 Å². The van der Waals surface area contributed by atoms with Gasteiger partial charge in [-0.05, 0) is 156 Å². The van der Waals surface area contributed by atoms with Gasteiger partial charge in [-0.25, -0.2) is 0 Å². The lowest BCUT2D eigenvalue weighted by molar-refractivity contribution is 1.18. The minimum absolute atomic E-state index is 0.104. The molecule has 6 radical (unpaired) electrons. The highest BCUT2D eigenvalue weighted by molar-refractivity contribution is 8.07. The summed E-state index contributed by atoms with van der Waals surface area (Å²) in [6.45, 7) is -2.37. The summed E-state index contributed by atoms with van der Waals surface area (Å²) in [5.41, 5.74) is 20.8. The Labute approximate surface area is 528 Å². The van der Waals surface area contributed by atoms with Crippen LogP contribution in [0.3, 0.4) is 0 Å². The number of anilines is 3. The molecule has 0 saturated heterocycles. The second kappa shape index (κ2) is 25.1. The maximum absolute atomic E-state index is 6.72. The molecule has 0 atom stereocenters. The number of fused-ring (bicyclic) bond motifs is 8. The van der Waals surface area contributed by atoms with Gasteiger partial charge in [0, 0.05) is 56.7 Å². The molecule has 420 valence electrons. The Morgan fingerprint density at radius 2 is 0.689 bits per heavy atom. The standard InChI is InChI=1S/C56H38N2.C24H16N2.CH3B3NP/c1-2-16-45(17-3-1)58-55-23-9-8-20-53(55)54-38-44(30-37-56(54)58)39-24-31-46(32-25-39)57(47-33-26-42(27-34-47)51-21-10-14-40-12-4-6-18-49(40)51)48-35-28-43(29-36-48)52-22-11-15-41-13-5-7-19-50(41)52;1-3-7-17(8-4-1)19-13-15-25-23-21(19)11-12-22-20(14-16-26-24(22)23)18-9-5-2-6-10-18;2-1-6(3,4)5/h1-38H;1-16H;5H,1H2. The SMILES string of the molecule is [B]CP([B])([B])=N.c1ccc(-c2ccnc3c2ccc2c(-c4ccccc4)ccnc23)cc1.c1ccc(-n2c3ccccc3c3cc(-c4ccc(N(c5ccc(-c6cccc7ccccc67)cc5)c5ccc(-c6cccc7ccccc67)cc5)cc4)ccc32)cc1. The fourth-order valence-corrected chi connectivity index (χ4v) is 12.4. The molecule has 0 spiro atoms. The summed E-state index contributed by atoms with van der Waals surface area (Å²) in [5, 5.41) is 16.5. The number of aromatic nitrogens is 3. The average molecular weight is 1160 g/mol. The fourth-order valence-electron chi connectivity index (χ4n) is 12.4. The van der Waals surface area contributed by atoms with Gasteiger partial charge >= 0.3 is 0 Å². The first kappa shape index (κ1) is 57.0. The van der Waals surface area contributed by atoms with Gasteiger partial charge < -0.3 is 14.6 Å². The van der Waals surface area contributed by atoms with Crippen molar-refractivity contribution < 1.29 is 0 Å². The second-order valence-corrected chi connectivity index (χ2v) is 24.6. The molecule has 0 unspecified atom stereocenters. The number of pyridine rings is 2. The van der Waals surface area contributed by atoms with Gasteiger partial charge in [-0.3, -0.25) is 9.97 Å². The zero-order chi connectivity index (χ0) is 61.0. The summed E-state index contributed by atoms with van der Waals surface area (Å²) in [7, 11) is 14.8. The Bertz CT molecular complexity index is 5040. The molecule has 9 heteroatoms. The van der Waals surface area contributed by atoms with Gasteiger partial charge in [-0.15, -0.1) is 6.81 Å². The quantitative estimate of drug-likeness (QED) is 0.0843. The highest BCUT2D eigenvalue weighted by atomic mass is 31.2. The van der Waals surface area contributed by atoms with Crippen LogP contribution in [0.5, 0.6) is 0 Å². The van der Waals surface area contributed by atoms with Gasteiger partial charge in [0.1, 0.15) is 15.1 Å². The molecular weight excluding hydrogens is 1110 g/mol. The largest absolute Gasteiger partial charge is 0.339 e. The predicted octanol–water partition coefficient (Wildman–Crippen LogP) is 21.7. The molecule has 0 bridgehead atoms. The van der Waals surface area contributed by atoms with Crippen LogP contribution in [0.1, 0.15) is 0 Å². The molecule has 0 fully saturated rings. The van der Waals surface area contributed by atoms with E-state index in [1.54, 1.807) is 0 Å². The van der Waals surface area contributed by atoms with Crippen molar-refractivity contribution in [1.29, 1.82) is 5.16 Å². The van der Waals surface area contributed by atoms with E-state index >= 15 is 0 Å². The van der Waals surface area contributed by atoms with E-state index in [0.29, 0.717) is 0 Å². The van der Waals surface area contributed by atoms with Crippen molar-refractivity contribution in [2.24, 2.45) is 0 Å². The van der Waals surface area contributed by atoms with Crippen LogP contribution in [-0.2, 0) is 0 Å². The molecule has 3 aromatic heterocycles. The van der Waals surface area contributed by atoms with Crippen LogP contribution in [0, 0.1) is 5.16 Å². The molecular formula is C81H57B3N5P. The molecule has 5 nitrogen and oxygen atoms in total. The third-order valence-electron chi connectivity index (χ3n) is 16.7. The van der Waals surface area contributed by atoms with E-state index < -0.39 is 6.81 Å². The van der Waals surface area contributed by atoms with Crippen LogP contribution in [0.15, 0.2) is 328 Å². The Morgan fingerprint density at radius 1 is 0.322 bits per heavy atom. The molecule has 0 aliphatic heterocycles. The van der Waals surface area contributed by atoms with Crippen LogP contribution < -0.4 is 4.90 Å². The summed E-state index contributed by atoms with van der Waals surface area (Å²) in [6, 6.07) is 113. The van der Waals surface area contributed by atoms with Gasteiger partial charge in [-0.1, -0.05) is 243 Å². The van der Waals surface area contributed by atoms with E-state index in [0.717, 1.165) is 38.9 Å². The molecule has 0 aliphatic rings. The Morgan fingerprint density at radius 3 is 1.17 bits per heavy atom. The van der Waals surface area contributed by atoms with E-state index in [1.807, 2.05) is 24.5 Å². The number of hydrogen-bond donors (Lipinski definition) is 1. The van der Waals surface area contributed by atoms with Crippen molar-refractivity contribution >= 4 is 112 Å². The number of para-hydroxylation sites is 2. The van der Waals surface area contributed by atoms with E-state index in [1.165, 1.54) is 105 Å². The van der Waals surface area contributed by atoms with Gasteiger partial charge in [0.2, 0.25) is 0 Å². The summed E-state index contributed by atoms with van der Waals surface area (Å²) < 4.78 is 2.37. The van der Waals surface area contributed by atoms with Crippen molar-refractivity contribution in [2.45, 2.75) is 0 Å². The van der Waals surface area contributed by atoms with Crippen molar-refractivity contribution in [1.82, 2.24) is 14.5 Å². The van der Waals surface area contributed by atoms with Crippen molar-refractivity contribution in [3.63, 3.8) is 0 Å². The van der Waals surface area contributed by atoms with E-state index in [2.05, 4.69) is 323 Å². The van der Waals surface area contributed by atoms with Gasteiger partial charge in [-0.2, -0.15) is 0 Å². The van der Waals surface area contributed by atoms with Gasteiger partial charge in [0.25, 0.3) is 0 Å². The van der Waals surface area contributed by atoms with Gasteiger partial charge in [0.05, 0.1) is 29.9 Å². The van der Waals surface area contributed by atoms with Crippen LogP contribution in [0.4, 0.5) is 17.1 Å². The molecule has 0 amide bonds. The number of benzene rings is 13. The first-order valence-electron chi connectivity index (χ1n) is 30.1.